The lowest BCUT2D eigenvalue weighted by atomic mass is 9.87. The lowest BCUT2D eigenvalue weighted by molar-refractivity contribution is 0.0656. The van der Waals surface area contributed by atoms with Gasteiger partial charge in [-0.05, 0) is 49.2 Å². The van der Waals surface area contributed by atoms with E-state index in [0.29, 0.717) is 46.9 Å². The number of rotatable bonds is 4. The Balaban J connectivity index is 1.91. The summed E-state index contributed by atoms with van der Waals surface area (Å²) in [6, 6.07) is 7.80. The van der Waals surface area contributed by atoms with Crippen LogP contribution < -0.4 is 10.5 Å². The molecule has 4 rings (SSSR count). The number of ether oxygens (including phenoxy) is 1. The van der Waals surface area contributed by atoms with Gasteiger partial charge in [-0.15, -0.1) is 0 Å². The minimum Gasteiger partial charge on any atom is -0.481 e. The van der Waals surface area contributed by atoms with Crippen molar-refractivity contribution in [3.05, 3.63) is 64.9 Å². The van der Waals surface area contributed by atoms with Crippen molar-refractivity contribution < 1.29 is 13.9 Å². The van der Waals surface area contributed by atoms with E-state index in [0.717, 1.165) is 5.56 Å². The summed E-state index contributed by atoms with van der Waals surface area (Å²) < 4.78 is 19.7. The van der Waals surface area contributed by atoms with Crippen LogP contribution in [0.4, 0.5) is 10.3 Å². The maximum Gasteiger partial charge on any atom is 0.258 e. The second kappa shape index (κ2) is 7.70. The van der Waals surface area contributed by atoms with E-state index in [-0.39, 0.29) is 23.7 Å². The zero-order valence-electron chi connectivity index (χ0n) is 17.0. The summed E-state index contributed by atoms with van der Waals surface area (Å²) in [5.74, 6) is -0.0179. The number of nitrogen functional groups attached to an aromatic ring is 1. The number of likely N-dealkylation sites (N-methyl/N-ethyl adjacent to an activating group) is 1. The number of aromatic nitrogens is 3. The molecule has 0 saturated carbocycles. The molecule has 3 aromatic rings. The first-order valence-corrected chi connectivity index (χ1v) is 9.67. The van der Waals surface area contributed by atoms with Crippen molar-refractivity contribution in [2.45, 2.75) is 26.3 Å². The van der Waals surface area contributed by atoms with E-state index in [1.54, 1.807) is 30.2 Å². The summed E-state index contributed by atoms with van der Waals surface area (Å²) in [7, 11) is 1.52. The Kier molecular flexibility index (Phi) is 5.07. The van der Waals surface area contributed by atoms with Crippen molar-refractivity contribution in [3.8, 4) is 17.0 Å². The van der Waals surface area contributed by atoms with E-state index < -0.39 is 0 Å². The number of nitrogens with zero attached hydrogens (tertiary/aromatic N) is 4. The predicted molar refractivity (Wildman–Crippen MR) is 111 cm³/mol. The highest BCUT2D eigenvalue weighted by molar-refractivity contribution is 5.98. The number of anilines is 1. The van der Waals surface area contributed by atoms with Crippen molar-refractivity contribution in [1.29, 1.82) is 0 Å². The highest BCUT2D eigenvalue weighted by Gasteiger charge is 2.36. The number of methoxy groups -OCH3 is 1. The summed E-state index contributed by atoms with van der Waals surface area (Å²) >= 11 is 0. The Bertz CT molecular complexity index is 1130. The van der Waals surface area contributed by atoms with E-state index >= 15 is 0 Å². The fourth-order valence-corrected chi connectivity index (χ4v) is 4.11. The molecular weight excluding hydrogens is 385 g/mol. The quantitative estimate of drug-likeness (QED) is 0.713. The van der Waals surface area contributed by atoms with Gasteiger partial charge in [0, 0.05) is 24.7 Å². The summed E-state index contributed by atoms with van der Waals surface area (Å²) in [6.07, 6.45) is 2.06. The van der Waals surface area contributed by atoms with E-state index in [1.807, 2.05) is 13.0 Å². The Labute approximate surface area is 173 Å². The monoisotopic (exact) mass is 407 g/mol. The van der Waals surface area contributed by atoms with Crippen LogP contribution in [0.2, 0.25) is 0 Å². The lowest BCUT2D eigenvalue weighted by Gasteiger charge is -2.37. The molecule has 30 heavy (non-hydrogen) atoms. The van der Waals surface area contributed by atoms with Crippen LogP contribution in [-0.2, 0) is 6.42 Å². The molecule has 1 aliphatic rings. The summed E-state index contributed by atoms with van der Waals surface area (Å²) in [4.78, 5) is 27.8. The first-order chi connectivity index (χ1) is 14.4. The molecule has 1 aliphatic heterocycles. The number of aryl methyl sites for hydroxylation is 1. The van der Waals surface area contributed by atoms with E-state index in [4.69, 9.17) is 10.5 Å². The number of benzene rings is 1. The molecule has 0 aliphatic carbocycles. The largest absolute Gasteiger partial charge is 0.481 e. The summed E-state index contributed by atoms with van der Waals surface area (Å²) in [5.41, 5.74) is 9.56. The van der Waals surface area contributed by atoms with Crippen LogP contribution in [0.15, 0.2) is 36.5 Å². The molecule has 3 heterocycles. The van der Waals surface area contributed by atoms with Gasteiger partial charge in [-0.25, -0.2) is 19.3 Å². The maximum absolute atomic E-state index is 14.3. The SMILES string of the molecule is CCN1C(=O)c2c(C)nc(N)nc2CC1c1ccc(F)cc1-c1cccnc1OC. The Morgan fingerprint density at radius 3 is 2.80 bits per heavy atom. The fraction of sp³-hybridized carbons (Fsp3) is 0.273. The fourth-order valence-electron chi connectivity index (χ4n) is 4.11. The number of amides is 1. The van der Waals surface area contributed by atoms with Crippen LogP contribution in [-0.4, -0.2) is 39.4 Å². The molecule has 154 valence electrons. The van der Waals surface area contributed by atoms with Crippen LogP contribution in [0.5, 0.6) is 5.88 Å². The van der Waals surface area contributed by atoms with Crippen molar-refractivity contribution in [1.82, 2.24) is 19.9 Å². The summed E-state index contributed by atoms with van der Waals surface area (Å²) in [5, 5.41) is 0. The number of carbonyl (C=O) groups excluding carboxylic acids is 1. The molecular formula is C22H22FN5O2. The van der Waals surface area contributed by atoms with Crippen molar-refractivity contribution >= 4 is 11.9 Å². The van der Waals surface area contributed by atoms with Gasteiger partial charge in [0.25, 0.3) is 5.91 Å². The molecule has 1 aromatic carbocycles. The average molecular weight is 407 g/mol. The van der Waals surface area contributed by atoms with E-state index in [9.17, 15) is 9.18 Å². The molecule has 1 amide bonds. The highest BCUT2D eigenvalue weighted by atomic mass is 19.1. The maximum atomic E-state index is 14.3. The van der Waals surface area contributed by atoms with Gasteiger partial charge in [-0.2, -0.15) is 0 Å². The number of nitrogens with two attached hydrogens (primary N) is 1. The smallest absolute Gasteiger partial charge is 0.258 e. The number of hydrogen-bond donors (Lipinski definition) is 1. The second-order valence-corrected chi connectivity index (χ2v) is 7.09. The molecule has 1 atom stereocenters. The molecule has 7 nitrogen and oxygen atoms in total. The van der Waals surface area contributed by atoms with E-state index in [2.05, 4.69) is 15.0 Å². The minimum absolute atomic E-state index is 0.135. The normalized spacial score (nSPS) is 15.8. The zero-order valence-corrected chi connectivity index (χ0v) is 17.0. The van der Waals surface area contributed by atoms with Crippen LogP contribution in [0.25, 0.3) is 11.1 Å². The molecule has 0 fully saturated rings. The molecule has 2 N–H and O–H groups in total. The molecule has 2 aromatic heterocycles. The lowest BCUT2D eigenvalue weighted by Crippen LogP contribution is -2.41. The third-order valence-corrected chi connectivity index (χ3v) is 5.39. The van der Waals surface area contributed by atoms with Gasteiger partial charge < -0.3 is 15.4 Å². The van der Waals surface area contributed by atoms with Crippen molar-refractivity contribution in [2.75, 3.05) is 19.4 Å². The third-order valence-electron chi connectivity index (χ3n) is 5.39. The van der Waals surface area contributed by atoms with Crippen LogP contribution in [0.1, 0.15) is 40.3 Å². The Hall–Kier alpha value is -3.55. The first-order valence-electron chi connectivity index (χ1n) is 9.67. The van der Waals surface area contributed by atoms with Gasteiger partial charge in [0.2, 0.25) is 11.8 Å². The van der Waals surface area contributed by atoms with Gasteiger partial charge in [-0.1, -0.05) is 6.07 Å². The third kappa shape index (κ3) is 3.24. The first kappa shape index (κ1) is 19.8. The van der Waals surface area contributed by atoms with Crippen LogP contribution >= 0.6 is 0 Å². The second-order valence-electron chi connectivity index (χ2n) is 7.09. The van der Waals surface area contributed by atoms with Crippen molar-refractivity contribution in [3.63, 3.8) is 0 Å². The van der Waals surface area contributed by atoms with Gasteiger partial charge in [0.15, 0.2) is 0 Å². The summed E-state index contributed by atoms with van der Waals surface area (Å²) in [6.45, 7) is 4.15. The Morgan fingerprint density at radius 2 is 2.07 bits per heavy atom. The number of fused-ring (bicyclic) bond motifs is 1. The van der Waals surface area contributed by atoms with E-state index in [1.165, 1.54) is 19.2 Å². The number of pyridine rings is 1. The zero-order chi connectivity index (χ0) is 21.4. The minimum atomic E-state index is -0.382. The molecule has 1 unspecified atom stereocenters. The molecule has 8 heteroatoms. The topological polar surface area (TPSA) is 94.2 Å². The molecule has 0 radical (unpaired) electrons. The van der Waals surface area contributed by atoms with Crippen LogP contribution in [0, 0.1) is 12.7 Å². The molecule has 0 spiro atoms. The van der Waals surface area contributed by atoms with Gasteiger partial charge in [0.1, 0.15) is 5.82 Å². The van der Waals surface area contributed by atoms with Crippen LogP contribution in [0.3, 0.4) is 0 Å². The number of hydrogen-bond acceptors (Lipinski definition) is 6. The number of carbonyl (C=O) groups is 1. The standard InChI is InChI=1S/C22H22FN5O2/c1-4-28-18(11-17-19(21(28)29)12(2)26-22(24)27-17)14-8-7-13(23)10-16(14)15-6-5-9-25-20(15)30-3/h5-10,18H,4,11H2,1-3H3,(H2,24,26,27). The molecule has 0 bridgehead atoms. The average Bonchev–Trinajstić information content (AvgIpc) is 2.73. The predicted octanol–water partition coefficient (Wildman–Crippen LogP) is 3.34. The van der Waals surface area contributed by atoms with Crippen molar-refractivity contribution in [2.24, 2.45) is 0 Å². The van der Waals surface area contributed by atoms with Gasteiger partial charge in [0.05, 0.1) is 30.1 Å². The Morgan fingerprint density at radius 1 is 1.27 bits per heavy atom. The highest BCUT2D eigenvalue weighted by Crippen LogP contribution is 2.40. The van der Waals surface area contributed by atoms with Gasteiger partial charge in [-0.3, -0.25) is 4.79 Å². The molecule has 0 saturated heterocycles. The van der Waals surface area contributed by atoms with Gasteiger partial charge >= 0.3 is 0 Å². The number of halogens is 1.